The number of hydrogen-bond acceptors (Lipinski definition) is 4. The second kappa shape index (κ2) is 4.87. The second-order valence-electron chi connectivity index (χ2n) is 4.89. The molecule has 0 aromatic carbocycles. The first kappa shape index (κ1) is 12.0. The van der Waals surface area contributed by atoms with Crippen LogP contribution >= 0.6 is 0 Å². The van der Waals surface area contributed by atoms with E-state index in [-0.39, 0.29) is 5.91 Å². The number of aryl methyl sites for hydroxylation is 1. The maximum absolute atomic E-state index is 12.3. The Bertz CT molecular complexity index is 561. The molecule has 1 fully saturated rings. The molecule has 0 radical (unpaired) electrons. The molecule has 3 heterocycles. The second-order valence-corrected chi connectivity index (χ2v) is 4.89. The standard InChI is InChI=1S/C13H16N4O2/c1-10-7-12(19-15-10)13(18)16-5-2-3-11(8-16)17-6-4-14-9-17/h4,6-7,9,11H,2-3,5,8H2,1H3/t11-/m1/s1. The highest BCUT2D eigenvalue weighted by molar-refractivity contribution is 5.91. The lowest BCUT2D eigenvalue weighted by molar-refractivity contribution is 0.0637. The highest BCUT2D eigenvalue weighted by atomic mass is 16.5. The van der Waals surface area contributed by atoms with Crippen molar-refractivity contribution in [1.82, 2.24) is 19.6 Å². The van der Waals surface area contributed by atoms with Gasteiger partial charge in [0.2, 0.25) is 5.76 Å². The van der Waals surface area contributed by atoms with Crippen LogP contribution in [0.3, 0.4) is 0 Å². The van der Waals surface area contributed by atoms with Gasteiger partial charge in [0.05, 0.1) is 18.1 Å². The summed E-state index contributed by atoms with van der Waals surface area (Å²) in [5.74, 6) is 0.245. The Labute approximate surface area is 111 Å². The maximum atomic E-state index is 12.3. The van der Waals surface area contributed by atoms with Gasteiger partial charge in [-0.3, -0.25) is 4.79 Å². The Morgan fingerprint density at radius 2 is 2.42 bits per heavy atom. The van der Waals surface area contributed by atoms with Crippen LogP contribution in [0.25, 0.3) is 0 Å². The Morgan fingerprint density at radius 3 is 3.11 bits per heavy atom. The van der Waals surface area contributed by atoms with E-state index in [1.54, 1.807) is 18.6 Å². The van der Waals surface area contributed by atoms with Gasteiger partial charge in [0.1, 0.15) is 0 Å². The average molecular weight is 260 g/mol. The molecular formula is C13H16N4O2. The van der Waals surface area contributed by atoms with Gasteiger partial charge in [-0.25, -0.2) is 4.98 Å². The topological polar surface area (TPSA) is 64.2 Å². The Hall–Kier alpha value is -2.11. The first-order valence-corrected chi connectivity index (χ1v) is 6.44. The minimum atomic E-state index is -0.0783. The summed E-state index contributed by atoms with van der Waals surface area (Å²) in [5.41, 5.74) is 0.728. The van der Waals surface area contributed by atoms with Crippen molar-refractivity contribution in [1.29, 1.82) is 0 Å². The number of amides is 1. The van der Waals surface area contributed by atoms with Crippen molar-refractivity contribution in [3.05, 3.63) is 36.2 Å². The lowest BCUT2D eigenvalue weighted by Gasteiger charge is -2.32. The zero-order chi connectivity index (χ0) is 13.2. The molecule has 19 heavy (non-hydrogen) atoms. The van der Waals surface area contributed by atoms with Gasteiger partial charge in [-0.15, -0.1) is 0 Å². The number of rotatable bonds is 2. The lowest BCUT2D eigenvalue weighted by Crippen LogP contribution is -2.40. The van der Waals surface area contributed by atoms with Gasteiger partial charge < -0.3 is 14.0 Å². The number of piperidine rings is 1. The molecule has 2 aromatic heterocycles. The number of likely N-dealkylation sites (tertiary alicyclic amines) is 1. The zero-order valence-corrected chi connectivity index (χ0v) is 10.8. The van der Waals surface area contributed by atoms with Crippen molar-refractivity contribution in [3.63, 3.8) is 0 Å². The van der Waals surface area contributed by atoms with E-state index in [0.29, 0.717) is 18.3 Å². The van der Waals surface area contributed by atoms with Crippen LogP contribution in [0.15, 0.2) is 29.3 Å². The molecule has 1 atom stereocenters. The van der Waals surface area contributed by atoms with Crippen LogP contribution < -0.4 is 0 Å². The summed E-state index contributed by atoms with van der Waals surface area (Å²) in [6, 6.07) is 1.98. The van der Waals surface area contributed by atoms with E-state index in [0.717, 1.165) is 25.1 Å². The van der Waals surface area contributed by atoms with Crippen molar-refractivity contribution in [2.75, 3.05) is 13.1 Å². The molecule has 1 saturated heterocycles. The lowest BCUT2D eigenvalue weighted by atomic mass is 10.1. The Balaban J connectivity index is 1.73. The number of carbonyl (C=O) groups excluding carboxylic acids is 1. The van der Waals surface area contributed by atoms with Gasteiger partial charge in [-0.2, -0.15) is 0 Å². The van der Waals surface area contributed by atoms with Crippen molar-refractivity contribution in [2.24, 2.45) is 0 Å². The molecular weight excluding hydrogens is 244 g/mol. The fraction of sp³-hybridized carbons (Fsp3) is 0.462. The minimum absolute atomic E-state index is 0.0783. The number of hydrogen-bond donors (Lipinski definition) is 0. The van der Waals surface area contributed by atoms with E-state index < -0.39 is 0 Å². The highest BCUT2D eigenvalue weighted by Gasteiger charge is 2.27. The van der Waals surface area contributed by atoms with Crippen LogP contribution in [0.2, 0.25) is 0 Å². The summed E-state index contributed by atoms with van der Waals surface area (Å²) < 4.78 is 7.11. The Kier molecular flexibility index (Phi) is 3.06. The van der Waals surface area contributed by atoms with E-state index in [4.69, 9.17) is 4.52 Å². The number of nitrogens with zero attached hydrogens (tertiary/aromatic N) is 4. The number of imidazole rings is 1. The molecule has 2 aromatic rings. The SMILES string of the molecule is Cc1cc(C(=O)N2CCC[C@@H](n3ccnc3)C2)on1. The smallest absolute Gasteiger partial charge is 0.292 e. The van der Waals surface area contributed by atoms with E-state index in [1.165, 1.54) is 0 Å². The number of aromatic nitrogens is 3. The monoisotopic (exact) mass is 260 g/mol. The molecule has 0 spiro atoms. The summed E-state index contributed by atoms with van der Waals surface area (Å²) in [5, 5.41) is 3.76. The minimum Gasteiger partial charge on any atom is -0.351 e. The predicted octanol–water partition coefficient (Wildman–Crippen LogP) is 1.66. The molecule has 0 aliphatic carbocycles. The third-order valence-corrected chi connectivity index (χ3v) is 3.47. The molecule has 100 valence electrons. The zero-order valence-electron chi connectivity index (χ0n) is 10.8. The molecule has 1 aliphatic heterocycles. The molecule has 1 amide bonds. The summed E-state index contributed by atoms with van der Waals surface area (Å²) in [6.45, 7) is 3.27. The molecule has 3 rings (SSSR count). The molecule has 0 N–H and O–H groups in total. The van der Waals surface area contributed by atoms with Crippen LogP contribution in [0.1, 0.15) is 35.1 Å². The van der Waals surface area contributed by atoms with Crippen LogP contribution in [0.5, 0.6) is 0 Å². The predicted molar refractivity (Wildman–Crippen MR) is 67.6 cm³/mol. The number of carbonyl (C=O) groups is 1. The van der Waals surface area contributed by atoms with Crippen molar-refractivity contribution in [3.8, 4) is 0 Å². The molecule has 0 bridgehead atoms. The van der Waals surface area contributed by atoms with Gasteiger partial charge in [-0.1, -0.05) is 5.16 Å². The van der Waals surface area contributed by atoms with Gasteiger partial charge in [-0.05, 0) is 19.8 Å². The van der Waals surface area contributed by atoms with E-state index in [1.807, 2.05) is 18.0 Å². The first-order chi connectivity index (χ1) is 9.24. The van der Waals surface area contributed by atoms with Gasteiger partial charge in [0.25, 0.3) is 5.91 Å². The third kappa shape index (κ3) is 2.38. The first-order valence-electron chi connectivity index (χ1n) is 6.44. The maximum Gasteiger partial charge on any atom is 0.292 e. The quantitative estimate of drug-likeness (QED) is 0.823. The van der Waals surface area contributed by atoms with Crippen LogP contribution in [-0.2, 0) is 0 Å². The molecule has 6 nitrogen and oxygen atoms in total. The van der Waals surface area contributed by atoms with Crippen molar-refractivity contribution >= 4 is 5.91 Å². The van der Waals surface area contributed by atoms with Crippen molar-refractivity contribution < 1.29 is 9.32 Å². The van der Waals surface area contributed by atoms with Crippen LogP contribution in [0, 0.1) is 6.92 Å². The molecule has 0 unspecified atom stereocenters. The summed E-state index contributed by atoms with van der Waals surface area (Å²) in [7, 11) is 0. The van der Waals surface area contributed by atoms with Gasteiger partial charge in [0.15, 0.2) is 0 Å². The molecule has 1 aliphatic rings. The Morgan fingerprint density at radius 1 is 1.53 bits per heavy atom. The largest absolute Gasteiger partial charge is 0.351 e. The summed E-state index contributed by atoms with van der Waals surface area (Å²) in [4.78, 5) is 18.2. The summed E-state index contributed by atoms with van der Waals surface area (Å²) >= 11 is 0. The fourth-order valence-electron chi connectivity index (χ4n) is 2.49. The van der Waals surface area contributed by atoms with Gasteiger partial charge >= 0.3 is 0 Å². The van der Waals surface area contributed by atoms with Crippen molar-refractivity contribution in [2.45, 2.75) is 25.8 Å². The molecule has 0 saturated carbocycles. The highest BCUT2D eigenvalue weighted by Crippen LogP contribution is 2.22. The van der Waals surface area contributed by atoms with E-state index in [9.17, 15) is 4.79 Å². The normalized spacial score (nSPS) is 19.6. The van der Waals surface area contributed by atoms with Crippen LogP contribution in [-0.4, -0.2) is 38.6 Å². The average Bonchev–Trinajstić information content (AvgIpc) is 3.09. The van der Waals surface area contributed by atoms with Gasteiger partial charge in [0, 0.05) is 31.5 Å². The fourth-order valence-corrected chi connectivity index (χ4v) is 2.49. The van der Waals surface area contributed by atoms with E-state index in [2.05, 4.69) is 14.7 Å². The molecule has 6 heteroatoms. The van der Waals surface area contributed by atoms with Crippen LogP contribution in [0.4, 0.5) is 0 Å². The third-order valence-electron chi connectivity index (χ3n) is 3.47. The summed E-state index contributed by atoms with van der Waals surface area (Å²) in [6.07, 6.45) is 7.56. The van der Waals surface area contributed by atoms with E-state index >= 15 is 0 Å².